The van der Waals surface area contributed by atoms with Gasteiger partial charge in [0.2, 0.25) is 5.91 Å². The molecule has 30 heavy (non-hydrogen) atoms. The topological polar surface area (TPSA) is 85.3 Å². The Morgan fingerprint density at radius 3 is 2.47 bits per heavy atom. The van der Waals surface area contributed by atoms with Gasteiger partial charge >= 0.3 is 5.63 Å². The number of pyridine rings is 1. The van der Waals surface area contributed by atoms with Crippen molar-refractivity contribution in [3.8, 4) is 0 Å². The van der Waals surface area contributed by atoms with E-state index < -0.39 is 5.63 Å². The summed E-state index contributed by atoms with van der Waals surface area (Å²) >= 11 is 0. The second-order valence-electron chi connectivity index (χ2n) is 7.63. The maximum absolute atomic E-state index is 12.7. The van der Waals surface area contributed by atoms with Crippen LogP contribution < -0.4 is 10.9 Å². The summed E-state index contributed by atoms with van der Waals surface area (Å²) in [6.07, 6.45) is 2.21. The SMILES string of the molecule is Cc1oc2c(C)c3oc(=O)c(CCC(=O)NCc4ccccn4)c(C)c3cc2c1C. The molecule has 3 heterocycles. The number of carbonyl (C=O) groups excluding carboxylic acids is 1. The number of amides is 1. The highest BCUT2D eigenvalue weighted by atomic mass is 16.4. The molecule has 4 rings (SSSR count). The summed E-state index contributed by atoms with van der Waals surface area (Å²) in [6.45, 7) is 8.13. The summed E-state index contributed by atoms with van der Waals surface area (Å²) in [5.74, 6) is 0.723. The molecular weight excluding hydrogens is 380 g/mol. The summed E-state index contributed by atoms with van der Waals surface area (Å²) in [4.78, 5) is 29.1. The Balaban J connectivity index is 1.61. The third-order valence-corrected chi connectivity index (χ3v) is 5.74. The number of aryl methyl sites for hydroxylation is 4. The maximum Gasteiger partial charge on any atom is 0.339 e. The van der Waals surface area contributed by atoms with Gasteiger partial charge in [-0.3, -0.25) is 9.78 Å². The number of furan rings is 1. The molecule has 6 nitrogen and oxygen atoms in total. The minimum absolute atomic E-state index is 0.132. The molecule has 0 aliphatic heterocycles. The molecule has 0 spiro atoms. The molecule has 1 aromatic carbocycles. The number of hydrogen-bond acceptors (Lipinski definition) is 5. The molecule has 154 valence electrons. The van der Waals surface area contributed by atoms with Crippen molar-refractivity contribution in [1.82, 2.24) is 10.3 Å². The van der Waals surface area contributed by atoms with E-state index in [1.807, 2.05) is 52.0 Å². The molecule has 0 saturated heterocycles. The zero-order valence-corrected chi connectivity index (χ0v) is 17.6. The molecule has 0 bridgehead atoms. The number of carbonyl (C=O) groups is 1. The minimum Gasteiger partial charge on any atom is -0.461 e. The molecule has 0 radical (unpaired) electrons. The molecule has 1 N–H and O–H groups in total. The largest absolute Gasteiger partial charge is 0.461 e. The van der Waals surface area contributed by atoms with Crippen LogP contribution in [0.2, 0.25) is 0 Å². The van der Waals surface area contributed by atoms with E-state index in [9.17, 15) is 9.59 Å². The number of aromatic nitrogens is 1. The summed E-state index contributed by atoms with van der Waals surface area (Å²) in [5.41, 5.74) is 4.96. The molecular formula is C24H24N2O4. The van der Waals surface area contributed by atoms with Crippen molar-refractivity contribution in [3.63, 3.8) is 0 Å². The number of nitrogens with one attached hydrogen (secondary N) is 1. The highest BCUT2D eigenvalue weighted by Gasteiger charge is 2.19. The van der Waals surface area contributed by atoms with Crippen molar-refractivity contribution in [1.29, 1.82) is 0 Å². The molecule has 0 saturated carbocycles. The van der Waals surface area contributed by atoms with E-state index in [1.54, 1.807) is 6.20 Å². The number of fused-ring (bicyclic) bond motifs is 2. The van der Waals surface area contributed by atoms with Gasteiger partial charge in [-0.05, 0) is 63.4 Å². The normalized spacial score (nSPS) is 11.3. The van der Waals surface area contributed by atoms with E-state index in [2.05, 4.69) is 10.3 Å². The van der Waals surface area contributed by atoms with Crippen LogP contribution in [0.15, 0.2) is 44.1 Å². The molecule has 0 unspecified atom stereocenters. The lowest BCUT2D eigenvalue weighted by atomic mass is 9.98. The Labute approximate surface area is 173 Å². The van der Waals surface area contributed by atoms with E-state index in [1.165, 1.54) is 0 Å². The molecule has 1 amide bonds. The molecule has 0 aliphatic rings. The van der Waals surface area contributed by atoms with Crippen LogP contribution in [0, 0.1) is 27.7 Å². The molecule has 0 fully saturated rings. The van der Waals surface area contributed by atoms with Crippen molar-refractivity contribution in [2.45, 2.75) is 47.1 Å². The number of nitrogens with zero attached hydrogens (tertiary/aromatic N) is 1. The molecule has 3 aromatic heterocycles. The Hall–Kier alpha value is -3.41. The Morgan fingerprint density at radius 2 is 1.73 bits per heavy atom. The summed E-state index contributed by atoms with van der Waals surface area (Å²) < 4.78 is 11.5. The van der Waals surface area contributed by atoms with Crippen LogP contribution in [0.1, 0.15) is 40.1 Å². The number of rotatable bonds is 5. The zero-order chi connectivity index (χ0) is 21.4. The molecule has 0 atom stereocenters. The van der Waals surface area contributed by atoms with Crippen LogP contribution in [0.25, 0.3) is 21.9 Å². The van der Waals surface area contributed by atoms with Gasteiger partial charge in [0.25, 0.3) is 0 Å². The molecule has 0 aliphatic carbocycles. The van der Waals surface area contributed by atoms with Crippen molar-refractivity contribution in [3.05, 3.63) is 74.6 Å². The van der Waals surface area contributed by atoms with Gasteiger partial charge in [0, 0.05) is 34.5 Å². The zero-order valence-electron chi connectivity index (χ0n) is 17.6. The van der Waals surface area contributed by atoms with Gasteiger partial charge in [-0.25, -0.2) is 4.79 Å². The van der Waals surface area contributed by atoms with Crippen molar-refractivity contribution in [2.24, 2.45) is 0 Å². The Morgan fingerprint density at radius 1 is 1.00 bits per heavy atom. The van der Waals surface area contributed by atoms with Crippen LogP contribution in [0.4, 0.5) is 0 Å². The van der Waals surface area contributed by atoms with E-state index >= 15 is 0 Å². The van der Waals surface area contributed by atoms with Gasteiger partial charge in [-0.2, -0.15) is 0 Å². The second-order valence-corrected chi connectivity index (χ2v) is 7.63. The van der Waals surface area contributed by atoms with E-state index in [0.29, 0.717) is 24.1 Å². The number of benzene rings is 1. The minimum atomic E-state index is -0.403. The van der Waals surface area contributed by atoms with Gasteiger partial charge in [0.05, 0.1) is 12.2 Å². The van der Waals surface area contributed by atoms with Crippen LogP contribution in [-0.4, -0.2) is 10.9 Å². The van der Waals surface area contributed by atoms with Crippen LogP contribution in [0.5, 0.6) is 0 Å². The fraction of sp³-hybridized carbons (Fsp3) is 0.292. The predicted octanol–water partition coefficient (Wildman–Crippen LogP) is 4.42. The van der Waals surface area contributed by atoms with Gasteiger partial charge < -0.3 is 14.2 Å². The summed E-state index contributed by atoms with van der Waals surface area (Å²) in [5, 5.41) is 4.75. The lowest BCUT2D eigenvalue weighted by Crippen LogP contribution is -2.24. The average Bonchev–Trinajstić information content (AvgIpc) is 3.02. The van der Waals surface area contributed by atoms with Gasteiger partial charge in [0.15, 0.2) is 0 Å². The van der Waals surface area contributed by atoms with Crippen LogP contribution in [-0.2, 0) is 17.8 Å². The lowest BCUT2D eigenvalue weighted by molar-refractivity contribution is -0.121. The van der Waals surface area contributed by atoms with Gasteiger partial charge in [-0.15, -0.1) is 0 Å². The monoisotopic (exact) mass is 404 g/mol. The van der Waals surface area contributed by atoms with E-state index in [0.717, 1.165) is 44.5 Å². The fourth-order valence-corrected chi connectivity index (χ4v) is 3.80. The third kappa shape index (κ3) is 3.49. The highest BCUT2D eigenvalue weighted by molar-refractivity contribution is 6.00. The summed E-state index contributed by atoms with van der Waals surface area (Å²) in [7, 11) is 0. The average molecular weight is 404 g/mol. The Kier molecular flexibility index (Phi) is 5.16. The van der Waals surface area contributed by atoms with Gasteiger partial charge in [0.1, 0.15) is 16.9 Å². The van der Waals surface area contributed by atoms with Crippen molar-refractivity contribution in [2.75, 3.05) is 0 Å². The predicted molar refractivity (Wildman–Crippen MR) is 116 cm³/mol. The highest BCUT2D eigenvalue weighted by Crippen LogP contribution is 2.34. The third-order valence-electron chi connectivity index (χ3n) is 5.74. The van der Waals surface area contributed by atoms with E-state index in [-0.39, 0.29) is 12.3 Å². The summed E-state index contributed by atoms with van der Waals surface area (Å²) in [6, 6.07) is 7.58. The van der Waals surface area contributed by atoms with Crippen LogP contribution in [0.3, 0.4) is 0 Å². The first-order chi connectivity index (χ1) is 14.4. The standard InChI is InChI=1S/C24H24N2O4/c1-13-16(4)29-22-15(3)23-20(11-19(13)22)14(2)18(24(28)30-23)8-9-21(27)26-12-17-7-5-6-10-25-17/h5-7,10-11H,8-9,12H2,1-4H3,(H,26,27). The van der Waals surface area contributed by atoms with Crippen molar-refractivity contribution < 1.29 is 13.6 Å². The second kappa shape index (κ2) is 7.78. The lowest BCUT2D eigenvalue weighted by Gasteiger charge is -2.10. The molecule has 6 heteroatoms. The first-order valence-corrected chi connectivity index (χ1v) is 9.99. The smallest absolute Gasteiger partial charge is 0.339 e. The first-order valence-electron chi connectivity index (χ1n) is 9.99. The Bertz CT molecular complexity index is 1320. The first kappa shape index (κ1) is 19.9. The fourth-order valence-electron chi connectivity index (χ4n) is 3.80. The maximum atomic E-state index is 12.7. The molecule has 4 aromatic rings. The quantitative estimate of drug-likeness (QED) is 0.498. The van der Waals surface area contributed by atoms with Crippen molar-refractivity contribution >= 4 is 27.8 Å². The van der Waals surface area contributed by atoms with E-state index in [4.69, 9.17) is 8.83 Å². The van der Waals surface area contributed by atoms with Gasteiger partial charge in [-0.1, -0.05) is 6.07 Å². The van der Waals surface area contributed by atoms with Crippen LogP contribution >= 0.6 is 0 Å². The number of hydrogen-bond donors (Lipinski definition) is 1.